The first-order chi connectivity index (χ1) is 10.2. The molecule has 1 heterocycles. The molecule has 2 N–H and O–H groups in total. The van der Waals surface area contributed by atoms with Crippen molar-refractivity contribution in [2.75, 3.05) is 25.0 Å². The van der Waals surface area contributed by atoms with Crippen LogP contribution in [-0.2, 0) is 5.41 Å². The molecule has 0 amide bonds. The summed E-state index contributed by atoms with van der Waals surface area (Å²) in [7, 11) is 2.03. The first kappa shape index (κ1) is 13.5. The summed E-state index contributed by atoms with van der Waals surface area (Å²) in [6.45, 7) is 1.45. The number of likely N-dealkylation sites (N-methyl/N-ethyl adjacent to an activating group) is 1. The Labute approximate surface area is 127 Å². The van der Waals surface area contributed by atoms with E-state index in [9.17, 15) is 0 Å². The summed E-state index contributed by atoms with van der Waals surface area (Å²) in [5.74, 6) is 3.71. The maximum Gasteiger partial charge on any atom is 0.225 e. The van der Waals surface area contributed by atoms with E-state index in [0.29, 0.717) is 12.0 Å². The summed E-state index contributed by atoms with van der Waals surface area (Å²) < 4.78 is 0. The lowest BCUT2D eigenvalue weighted by Crippen LogP contribution is -2.49. The highest BCUT2D eigenvalue weighted by Gasteiger charge is 2.52. The number of hydrogen-bond acceptors (Lipinski definition) is 4. The smallest absolute Gasteiger partial charge is 0.225 e. The van der Waals surface area contributed by atoms with Gasteiger partial charge in [-0.15, -0.1) is 0 Å². The lowest BCUT2D eigenvalue weighted by atomic mass is 9.49. The average molecular weight is 286 g/mol. The van der Waals surface area contributed by atoms with Crippen LogP contribution in [0.4, 0.5) is 5.95 Å². The van der Waals surface area contributed by atoms with E-state index in [4.69, 9.17) is 10.7 Å². The van der Waals surface area contributed by atoms with Crippen molar-refractivity contribution in [1.29, 1.82) is 0 Å². The summed E-state index contributed by atoms with van der Waals surface area (Å²) >= 11 is 0. The highest BCUT2D eigenvalue weighted by molar-refractivity contribution is 5.32. The van der Waals surface area contributed by atoms with Crippen molar-refractivity contribution in [1.82, 2.24) is 9.97 Å². The standard InChI is InChI=1S/C17H26N4/c1-21(5-3-18)16-19-4-2-15(20-16)17-9-12-6-13(10-17)8-14(7-12)11-17/h2,4,12-14H,3,5-11,18H2,1H3. The molecular weight excluding hydrogens is 260 g/mol. The fourth-order valence-electron chi connectivity index (χ4n) is 5.55. The molecule has 0 aromatic carbocycles. The van der Waals surface area contributed by atoms with Crippen molar-refractivity contribution in [3.8, 4) is 0 Å². The molecule has 0 unspecified atom stereocenters. The molecule has 4 saturated carbocycles. The lowest BCUT2D eigenvalue weighted by molar-refractivity contribution is -0.00721. The minimum Gasteiger partial charge on any atom is -0.343 e. The minimum absolute atomic E-state index is 0.357. The van der Waals surface area contributed by atoms with Gasteiger partial charge in [-0.3, -0.25) is 0 Å². The Morgan fingerprint density at radius 1 is 1.19 bits per heavy atom. The SMILES string of the molecule is CN(CCN)c1nccc(C23CC4CC(CC(C4)C2)C3)n1. The molecule has 4 heteroatoms. The zero-order valence-electron chi connectivity index (χ0n) is 13.0. The Bertz CT molecular complexity index is 492. The van der Waals surface area contributed by atoms with Crippen LogP contribution in [0.5, 0.6) is 0 Å². The molecule has 114 valence electrons. The van der Waals surface area contributed by atoms with Gasteiger partial charge in [-0.05, 0) is 62.3 Å². The molecular formula is C17H26N4. The molecule has 0 spiro atoms. The highest BCUT2D eigenvalue weighted by Crippen LogP contribution is 2.60. The van der Waals surface area contributed by atoms with Crippen LogP contribution in [0, 0.1) is 17.8 Å². The van der Waals surface area contributed by atoms with E-state index in [1.54, 1.807) is 0 Å². The summed E-state index contributed by atoms with van der Waals surface area (Å²) in [6, 6.07) is 2.17. The van der Waals surface area contributed by atoms with Crippen molar-refractivity contribution >= 4 is 5.95 Å². The van der Waals surface area contributed by atoms with Gasteiger partial charge < -0.3 is 10.6 Å². The van der Waals surface area contributed by atoms with Crippen molar-refractivity contribution < 1.29 is 0 Å². The lowest BCUT2D eigenvalue weighted by Gasteiger charge is -2.56. The van der Waals surface area contributed by atoms with Crippen LogP contribution in [0.3, 0.4) is 0 Å². The summed E-state index contributed by atoms with van der Waals surface area (Å²) in [5, 5.41) is 0. The molecule has 4 nitrogen and oxygen atoms in total. The highest BCUT2D eigenvalue weighted by atomic mass is 15.2. The quantitative estimate of drug-likeness (QED) is 0.923. The van der Waals surface area contributed by atoms with Gasteiger partial charge in [0.25, 0.3) is 0 Å². The third-order valence-corrected chi connectivity index (χ3v) is 6.03. The molecule has 5 rings (SSSR count). The largest absolute Gasteiger partial charge is 0.343 e. The third-order valence-electron chi connectivity index (χ3n) is 6.03. The Morgan fingerprint density at radius 3 is 2.38 bits per heavy atom. The average Bonchev–Trinajstić information content (AvgIpc) is 2.46. The number of aromatic nitrogens is 2. The van der Waals surface area contributed by atoms with Crippen LogP contribution in [0.1, 0.15) is 44.2 Å². The Kier molecular flexibility index (Phi) is 3.18. The van der Waals surface area contributed by atoms with E-state index >= 15 is 0 Å². The van der Waals surface area contributed by atoms with Gasteiger partial charge in [0, 0.05) is 31.7 Å². The summed E-state index contributed by atoms with van der Waals surface area (Å²) in [6.07, 6.45) is 10.4. The van der Waals surface area contributed by atoms with E-state index in [1.165, 1.54) is 44.2 Å². The van der Waals surface area contributed by atoms with Crippen LogP contribution in [0.25, 0.3) is 0 Å². The Morgan fingerprint density at radius 2 is 1.81 bits per heavy atom. The fourth-order valence-corrected chi connectivity index (χ4v) is 5.55. The van der Waals surface area contributed by atoms with Gasteiger partial charge in [-0.2, -0.15) is 0 Å². The van der Waals surface area contributed by atoms with Crippen LogP contribution in [0.2, 0.25) is 0 Å². The van der Waals surface area contributed by atoms with Gasteiger partial charge >= 0.3 is 0 Å². The van der Waals surface area contributed by atoms with Gasteiger partial charge in [-0.25, -0.2) is 9.97 Å². The number of rotatable bonds is 4. The van der Waals surface area contributed by atoms with Crippen LogP contribution < -0.4 is 10.6 Å². The normalized spacial score (nSPS) is 37.0. The topological polar surface area (TPSA) is 55.0 Å². The van der Waals surface area contributed by atoms with Crippen molar-refractivity contribution in [2.24, 2.45) is 23.5 Å². The predicted molar refractivity (Wildman–Crippen MR) is 84.2 cm³/mol. The first-order valence-corrected chi connectivity index (χ1v) is 8.43. The third kappa shape index (κ3) is 2.24. The second kappa shape index (κ2) is 4.94. The van der Waals surface area contributed by atoms with Gasteiger partial charge in [-0.1, -0.05) is 0 Å². The predicted octanol–water partition coefficient (Wildman–Crippen LogP) is 2.34. The maximum atomic E-state index is 5.65. The summed E-state index contributed by atoms with van der Waals surface area (Å²) in [4.78, 5) is 11.5. The van der Waals surface area contributed by atoms with Gasteiger partial charge in [0.2, 0.25) is 5.95 Å². The summed E-state index contributed by atoms with van der Waals surface area (Å²) in [5.41, 5.74) is 7.31. The van der Waals surface area contributed by atoms with Gasteiger partial charge in [0.1, 0.15) is 0 Å². The first-order valence-electron chi connectivity index (χ1n) is 8.43. The molecule has 0 saturated heterocycles. The molecule has 0 aliphatic heterocycles. The molecule has 21 heavy (non-hydrogen) atoms. The van der Waals surface area contributed by atoms with Crippen molar-refractivity contribution in [3.63, 3.8) is 0 Å². The fraction of sp³-hybridized carbons (Fsp3) is 0.765. The molecule has 0 radical (unpaired) electrons. The molecule has 1 aromatic heterocycles. The molecule has 1 aromatic rings. The number of anilines is 1. The minimum atomic E-state index is 0.357. The molecule has 4 aliphatic carbocycles. The Hall–Kier alpha value is -1.16. The van der Waals surface area contributed by atoms with E-state index in [1.807, 2.05) is 13.2 Å². The number of hydrogen-bond donors (Lipinski definition) is 1. The van der Waals surface area contributed by atoms with Crippen LogP contribution in [0.15, 0.2) is 12.3 Å². The Balaban J connectivity index is 1.65. The zero-order valence-corrected chi connectivity index (χ0v) is 13.0. The monoisotopic (exact) mass is 286 g/mol. The molecule has 4 fully saturated rings. The maximum absolute atomic E-state index is 5.65. The van der Waals surface area contributed by atoms with E-state index in [0.717, 1.165) is 30.2 Å². The molecule has 4 bridgehead atoms. The van der Waals surface area contributed by atoms with Crippen LogP contribution in [-0.4, -0.2) is 30.1 Å². The van der Waals surface area contributed by atoms with E-state index in [-0.39, 0.29) is 0 Å². The van der Waals surface area contributed by atoms with Gasteiger partial charge in [0.05, 0.1) is 5.69 Å². The van der Waals surface area contributed by atoms with E-state index < -0.39 is 0 Å². The van der Waals surface area contributed by atoms with Crippen molar-refractivity contribution in [2.45, 2.75) is 43.9 Å². The van der Waals surface area contributed by atoms with Crippen LogP contribution >= 0.6 is 0 Å². The molecule has 4 aliphatic rings. The number of nitrogens with two attached hydrogens (primary N) is 1. The van der Waals surface area contributed by atoms with Crippen molar-refractivity contribution in [3.05, 3.63) is 18.0 Å². The second-order valence-electron chi connectivity index (χ2n) is 7.65. The van der Waals surface area contributed by atoms with E-state index in [2.05, 4.69) is 16.0 Å². The zero-order chi connectivity index (χ0) is 14.4. The molecule has 0 atom stereocenters. The number of nitrogens with zero attached hydrogens (tertiary/aromatic N) is 3. The van der Waals surface area contributed by atoms with Gasteiger partial charge in [0.15, 0.2) is 0 Å². The second-order valence-corrected chi connectivity index (χ2v) is 7.65.